The average molecular weight is 320 g/mol. The predicted octanol–water partition coefficient (Wildman–Crippen LogP) is 1.78. The summed E-state index contributed by atoms with van der Waals surface area (Å²) in [5, 5.41) is 22.9. The zero-order valence-electron chi connectivity index (χ0n) is 11.8. The van der Waals surface area contributed by atoms with Gasteiger partial charge in [0, 0.05) is 17.8 Å². The smallest absolute Gasteiger partial charge is 0.138 e. The van der Waals surface area contributed by atoms with Crippen molar-refractivity contribution in [2.45, 2.75) is 24.3 Å². The van der Waals surface area contributed by atoms with E-state index in [1.165, 1.54) is 0 Å². The molecule has 1 aromatic rings. The van der Waals surface area contributed by atoms with Crippen LogP contribution in [0.3, 0.4) is 0 Å². The number of aliphatic hydroxyl groups excluding tert-OH is 2. The van der Waals surface area contributed by atoms with Crippen molar-refractivity contribution in [2.24, 2.45) is 0 Å². The van der Waals surface area contributed by atoms with Crippen molar-refractivity contribution in [1.29, 1.82) is 0 Å². The van der Waals surface area contributed by atoms with E-state index in [4.69, 9.17) is 16.3 Å². The quantitative estimate of drug-likeness (QED) is 0.647. The van der Waals surface area contributed by atoms with Gasteiger partial charge in [0.1, 0.15) is 18.5 Å². The van der Waals surface area contributed by atoms with E-state index in [9.17, 15) is 10.2 Å². The number of halogens is 1. The van der Waals surface area contributed by atoms with Crippen molar-refractivity contribution in [3.05, 3.63) is 29.3 Å². The topological polar surface area (TPSA) is 61.7 Å². The lowest BCUT2D eigenvalue weighted by Gasteiger charge is -2.23. The maximum atomic E-state index is 9.88. The Hall–Kier alpha value is -0.460. The third-order valence-corrected chi connectivity index (χ3v) is 4.46. The highest BCUT2D eigenvalue weighted by Gasteiger charge is 2.16. The molecule has 0 aliphatic rings. The molecule has 0 aliphatic carbocycles. The van der Waals surface area contributed by atoms with Gasteiger partial charge >= 0.3 is 0 Å². The molecule has 0 aromatic heterocycles. The molecule has 1 aromatic carbocycles. The third-order valence-electron chi connectivity index (χ3n) is 2.98. The molecule has 0 heterocycles. The molecule has 1 rings (SSSR count). The van der Waals surface area contributed by atoms with Gasteiger partial charge in [-0.3, -0.25) is 0 Å². The van der Waals surface area contributed by atoms with E-state index < -0.39 is 6.10 Å². The lowest BCUT2D eigenvalue weighted by atomic mass is 10.2. The Labute approximate surface area is 129 Å². The van der Waals surface area contributed by atoms with Gasteiger partial charge in [0.05, 0.1) is 11.6 Å². The van der Waals surface area contributed by atoms with E-state index >= 15 is 0 Å². The van der Waals surface area contributed by atoms with Gasteiger partial charge in [0.25, 0.3) is 0 Å². The summed E-state index contributed by atoms with van der Waals surface area (Å²) in [6, 6.07) is 7.28. The fourth-order valence-corrected chi connectivity index (χ4v) is 2.54. The molecule has 0 spiro atoms. The molecule has 6 heteroatoms. The second kappa shape index (κ2) is 9.47. The SMILES string of the molecule is CSC(CO)C(C)NCC(O)COc1ccccc1Cl. The first-order chi connectivity index (χ1) is 9.58. The average Bonchev–Trinajstić information content (AvgIpc) is 2.45. The molecular weight excluding hydrogens is 298 g/mol. The minimum Gasteiger partial charge on any atom is -0.489 e. The largest absolute Gasteiger partial charge is 0.489 e. The summed E-state index contributed by atoms with van der Waals surface area (Å²) in [6.45, 7) is 2.68. The molecule has 3 atom stereocenters. The van der Waals surface area contributed by atoms with E-state index in [1.807, 2.05) is 25.3 Å². The molecule has 3 N–H and O–H groups in total. The standard InChI is InChI=1S/C14H22ClNO3S/c1-10(14(8-17)20-2)16-7-11(18)9-19-13-6-4-3-5-12(13)15/h3-6,10-11,14,16-18H,7-9H2,1-2H3. The van der Waals surface area contributed by atoms with E-state index in [0.29, 0.717) is 17.3 Å². The maximum absolute atomic E-state index is 9.88. The van der Waals surface area contributed by atoms with Crippen LogP contribution in [0.5, 0.6) is 5.75 Å². The minimum atomic E-state index is -0.630. The summed E-state index contributed by atoms with van der Waals surface area (Å²) in [5.41, 5.74) is 0. The molecule has 3 unspecified atom stereocenters. The highest BCUT2D eigenvalue weighted by Crippen LogP contribution is 2.23. The minimum absolute atomic E-state index is 0.113. The second-order valence-electron chi connectivity index (χ2n) is 4.55. The fourth-order valence-electron chi connectivity index (χ4n) is 1.70. The van der Waals surface area contributed by atoms with Crippen molar-refractivity contribution in [1.82, 2.24) is 5.32 Å². The Bertz CT molecular complexity index is 390. The van der Waals surface area contributed by atoms with Crippen molar-refractivity contribution in [3.8, 4) is 5.75 Å². The summed E-state index contributed by atoms with van der Waals surface area (Å²) < 4.78 is 5.47. The molecule has 0 aliphatic heterocycles. The van der Waals surface area contributed by atoms with Crippen molar-refractivity contribution in [3.63, 3.8) is 0 Å². The van der Waals surface area contributed by atoms with E-state index in [2.05, 4.69) is 5.32 Å². The number of nitrogens with one attached hydrogen (secondary N) is 1. The first-order valence-electron chi connectivity index (χ1n) is 6.51. The first kappa shape index (κ1) is 17.6. The molecule has 20 heavy (non-hydrogen) atoms. The van der Waals surface area contributed by atoms with Crippen LogP contribution in [0, 0.1) is 0 Å². The zero-order valence-corrected chi connectivity index (χ0v) is 13.3. The monoisotopic (exact) mass is 319 g/mol. The molecule has 0 saturated carbocycles. The summed E-state index contributed by atoms with van der Waals surface area (Å²) in [7, 11) is 0. The van der Waals surface area contributed by atoms with Gasteiger partial charge in [-0.1, -0.05) is 23.7 Å². The molecule has 0 bridgehead atoms. The summed E-state index contributed by atoms with van der Waals surface area (Å²) in [4.78, 5) is 0. The lowest BCUT2D eigenvalue weighted by molar-refractivity contribution is 0.103. The number of thioether (sulfide) groups is 1. The number of rotatable bonds is 9. The normalized spacial score (nSPS) is 15.7. The lowest BCUT2D eigenvalue weighted by Crippen LogP contribution is -2.42. The van der Waals surface area contributed by atoms with Crippen molar-refractivity contribution in [2.75, 3.05) is 26.0 Å². The van der Waals surface area contributed by atoms with Crippen LogP contribution in [0.15, 0.2) is 24.3 Å². The molecule has 0 fully saturated rings. The van der Waals surface area contributed by atoms with E-state index in [1.54, 1.807) is 23.9 Å². The van der Waals surface area contributed by atoms with Gasteiger partial charge in [0.2, 0.25) is 0 Å². The van der Waals surface area contributed by atoms with Crippen LogP contribution in [-0.4, -0.2) is 53.6 Å². The summed E-state index contributed by atoms with van der Waals surface area (Å²) >= 11 is 7.56. The zero-order chi connectivity index (χ0) is 15.0. The highest BCUT2D eigenvalue weighted by molar-refractivity contribution is 7.99. The van der Waals surface area contributed by atoms with Crippen LogP contribution in [0.2, 0.25) is 5.02 Å². The molecule has 114 valence electrons. The van der Waals surface area contributed by atoms with Crippen LogP contribution in [0.4, 0.5) is 0 Å². The van der Waals surface area contributed by atoms with E-state index in [-0.39, 0.29) is 24.5 Å². The Morgan fingerprint density at radius 2 is 2.10 bits per heavy atom. The van der Waals surface area contributed by atoms with E-state index in [0.717, 1.165) is 0 Å². The molecule has 4 nitrogen and oxygen atoms in total. The van der Waals surface area contributed by atoms with Crippen LogP contribution in [-0.2, 0) is 0 Å². The number of aliphatic hydroxyl groups is 2. The van der Waals surface area contributed by atoms with Gasteiger partial charge in [-0.15, -0.1) is 0 Å². The van der Waals surface area contributed by atoms with Gasteiger partial charge < -0.3 is 20.3 Å². The Balaban J connectivity index is 2.30. The molecule has 0 amide bonds. The third kappa shape index (κ3) is 5.89. The van der Waals surface area contributed by atoms with Gasteiger partial charge in [-0.25, -0.2) is 0 Å². The fraction of sp³-hybridized carbons (Fsp3) is 0.571. The molecular formula is C14H22ClNO3S. The number of hydrogen-bond donors (Lipinski definition) is 3. The summed E-state index contributed by atoms with van der Waals surface area (Å²) in [6.07, 6.45) is 1.32. The second-order valence-corrected chi connectivity index (χ2v) is 6.03. The number of hydrogen-bond acceptors (Lipinski definition) is 5. The van der Waals surface area contributed by atoms with Crippen LogP contribution in [0.1, 0.15) is 6.92 Å². The predicted molar refractivity (Wildman–Crippen MR) is 84.8 cm³/mol. The first-order valence-corrected chi connectivity index (χ1v) is 8.17. The van der Waals surface area contributed by atoms with Crippen LogP contribution < -0.4 is 10.1 Å². The van der Waals surface area contributed by atoms with Crippen LogP contribution in [0.25, 0.3) is 0 Å². The Morgan fingerprint density at radius 1 is 1.40 bits per heavy atom. The van der Waals surface area contributed by atoms with Gasteiger partial charge in [-0.05, 0) is 25.3 Å². The number of para-hydroxylation sites is 1. The van der Waals surface area contributed by atoms with Crippen molar-refractivity contribution < 1.29 is 14.9 Å². The Kier molecular flexibility index (Phi) is 8.33. The Morgan fingerprint density at radius 3 is 2.70 bits per heavy atom. The number of ether oxygens (including phenoxy) is 1. The number of benzene rings is 1. The molecule has 0 radical (unpaired) electrons. The maximum Gasteiger partial charge on any atom is 0.138 e. The highest BCUT2D eigenvalue weighted by atomic mass is 35.5. The van der Waals surface area contributed by atoms with Crippen LogP contribution >= 0.6 is 23.4 Å². The molecule has 0 saturated heterocycles. The van der Waals surface area contributed by atoms with Crippen molar-refractivity contribution >= 4 is 23.4 Å². The van der Waals surface area contributed by atoms with Gasteiger partial charge in [0.15, 0.2) is 0 Å². The summed E-state index contributed by atoms with van der Waals surface area (Å²) in [5.74, 6) is 0.568. The van der Waals surface area contributed by atoms with Gasteiger partial charge in [-0.2, -0.15) is 11.8 Å².